The third-order valence-electron chi connectivity index (χ3n) is 4.88. The average Bonchev–Trinajstić information content (AvgIpc) is 3.10. The number of carbonyl (C=O) groups excluding carboxylic acids is 3. The van der Waals surface area contributed by atoms with Crippen molar-refractivity contribution in [2.45, 2.75) is 31.8 Å². The lowest BCUT2D eigenvalue weighted by atomic mass is 10.1. The van der Waals surface area contributed by atoms with Gasteiger partial charge < -0.3 is 20.4 Å². The van der Waals surface area contributed by atoms with Gasteiger partial charge in [-0.05, 0) is 18.4 Å². The Kier molecular flexibility index (Phi) is 6.11. The minimum atomic E-state index is -0.464. The molecule has 0 unspecified atom stereocenters. The predicted octanol–water partition coefficient (Wildman–Crippen LogP) is 1.22. The van der Waals surface area contributed by atoms with Gasteiger partial charge in [0.2, 0.25) is 11.8 Å². The second-order valence-corrected chi connectivity index (χ2v) is 6.92. The molecule has 1 aromatic rings. The van der Waals surface area contributed by atoms with E-state index in [9.17, 15) is 14.4 Å². The topological polar surface area (TPSA) is 81.8 Å². The van der Waals surface area contributed by atoms with Crippen LogP contribution in [0.1, 0.15) is 25.3 Å². The third kappa shape index (κ3) is 4.67. The van der Waals surface area contributed by atoms with E-state index in [0.717, 1.165) is 12.0 Å². The van der Waals surface area contributed by atoms with E-state index in [0.29, 0.717) is 26.1 Å². The number of carbonyl (C=O) groups is 3. The summed E-state index contributed by atoms with van der Waals surface area (Å²) in [4.78, 5) is 39.9. The van der Waals surface area contributed by atoms with Crippen LogP contribution in [0, 0.1) is 0 Å². The quantitative estimate of drug-likeness (QED) is 0.790. The van der Waals surface area contributed by atoms with Gasteiger partial charge in [0.05, 0.1) is 12.6 Å². The van der Waals surface area contributed by atoms with Crippen molar-refractivity contribution < 1.29 is 14.4 Å². The molecule has 144 valence electrons. The summed E-state index contributed by atoms with van der Waals surface area (Å²) in [7, 11) is 0. The van der Waals surface area contributed by atoms with Crippen LogP contribution < -0.4 is 10.6 Å². The first-order valence-electron chi connectivity index (χ1n) is 9.42. The Morgan fingerprint density at radius 1 is 1.33 bits per heavy atom. The Labute approximate surface area is 159 Å². The molecule has 2 atom stereocenters. The average molecular weight is 370 g/mol. The fourth-order valence-corrected chi connectivity index (χ4v) is 3.54. The molecule has 3 rings (SSSR count). The zero-order valence-electron chi connectivity index (χ0n) is 15.6. The second kappa shape index (κ2) is 8.70. The van der Waals surface area contributed by atoms with Crippen LogP contribution in [0.3, 0.4) is 0 Å². The Bertz CT molecular complexity index is 695. The molecule has 2 saturated heterocycles. The first-order valence-corrected chi connectivity index (χ1v) is 9.42. The molecule has 0 aromatic heterocycles. The molecule has 0 bridgehead atoms. The summed E-state index contributed by atoms with van der Waals surface area (Å²) >= 11 is 0. The van der Waals surface area contributed by atoms with E-state index in [2.05, 4.69) is 10.6 Å². The molecule has 0 aliphatic carbocycles. The van der Waals surface area contributed by atoms with Crippen molar-refractivity contribution in [3.8, 4) is 0 Å². The van der Waals surface area contributed by atoms with Crippen LogP contribution in [-0.2, 0) is 9.59 Å². The van der Waals surface area contributed by atoms with E-state index in [1.54, 1.807) is 9.80 Å². The van der Waals surface area contributed by atoms with Gasteiger partial charge in [0, 0.05) is 19.6 Å². The van der Waals surface area contributed by atoms with E-state index >= 15 is 0 Å². The first-order chi connectivity index (χ1) is 13.1. The maximum Gasteiger partial charge on any atom is 0.317 e. The lowest BCUT2D eigenvalue weighted by Gasteiger charge is -2.28. The number of urea groups is 1. The number of hydrogen-bond acceptors (Lipinski definition) is 3. The fourth-order valence-electron chi connectivity index (χ4n) is 3.54. The first kappa shape index (κ1) is 18.9. The predicted molar refractivity (Wildman–Crippen MR) is 103 cm³/mol. The Balaban J connectivity index is 1.56. The Morgan fingerprint density at radius 2 is 2.11 bits per heavy atom. The van der Waals surface area contributed by atoms with Crippen LogP contribution >= 0.6 is 0 Å². The molecule has 2 aliphatic heterocycles. The van der Waals surface area contributed by atoms with Gasteiger partial charge in [-0.2, -0.15) is 0 Å². The van der Waals surface area contributed by atoms with Crippen molar-refractivity contribution in [1.82, 2.24) is 20.4 Å². The minimum Gasteiger partial charge on any atom is -0.345 e. The lowest BCUT2D eigenvalue weighted by Crippen LogP contribution is -2.55. The van der Waals surface area contributed by atoms with E-state index in [1.807, 2.05) is 49.4 Å². The molecule has 2 N–H and O–H groups in total. The second-order valence-electron chi connectivity index (χ2n) is 6.92. The normalized spacial score (nSPS) is 21.9. The van der Waals surface area contributed by atoms with Crippen LogP contribution in [0.15, 0.2) is 36.4 Å². The standard InChI is InChI=1S/C20H26N4O3/c1-2-10-23(11-6-9-15-7-4-3-5-8-15)20(27)22-16-12-17-19(26)21-13-18(25)24(17)14-16/h3-9,16-17H,2,10-14H2,1H3,(H,21,26)(H,22,27)/b9-6+/t16-,17+/m1/s1. The van der Waals surface area contributed by atoms with Gasteiger partial charge in [0.25, 0.3) is 0 Å². The summed E-state index contributed by atoms with van der Waals surface area (Å²) in [5.41, 5.74) is 1.09. The molecule has 7 nitrogen and oxygen atoms in total. The van der Waals surface area contributed by atoms with Gasteiger partial charge in [0.15, 0.2) is 0 Å². The molecule has 27 heavy (non-hydrogen) atoms. The van der Waals surface area contributed by atoms with Gasteiger partial charge in [-0.25, -0.2) is 4.79 Å². The number of rotatable bonds is 6. The summed E-state index contributed by atoms with van der Waals surface area (Å²) in [5.74, 6) is -0.227. The van der Waals surface area contributed by atoms with E-state index in [-0.39, 0.29) is 30.4 Å². The number of benzene rings is 1. The number of hydrogen-bond donors (Lipinski definition) is 2. The molecule has 7 heteroatoms. The minimum absolute atomic E-state index is 0.0439. The monoisotopic (exact) mass is 370 g/mol. The third-order valence-corrected chi connectivity index (χ3v) is 4.88. The maximum absolute atomic E-state index is 12.7. The highest BCUT2D eigenvalue weighted by molar-refractivity contribution is 5.95. The molecular formula is C20H26N4O3. The summed E-state index contributed by atoms with van der Waals surface area (Å²) < 4.78 is 0. The van der Waals surface area contributed by atoms with E-state index in [1.165, 1.54) is 0 Å². The van der Waals surface area contributed by atoms with E-state index < -0.39 is 6.04 Å². The van der Waals surface area contributed by atoms with Crippen LogP contribution in [0.25, 0.3) is 6.08 Å². The van der Waals surface area contributed by atoms with Gasteiger partial charge in [-0.3, -0.25) is 9.59 Å². The molecular weight excluding hydrogens is 344 g/mol. The fraction of sp³-hybridized carbons (Fsp3) is 0.450. The SMILES string of the molecule is CCCN(C/C=C/c1ccccc1)C(=O)N[C@@H]1C[C@H]2C(=O)NCC(=O)N2C1. The van der Waals surface area contributed by atoms with E-state index in [4.69, 9.17) is 0 Å². The van der Waals surface area contributed by atoms with Gasteiger partial charge in [-0.1, -0.05) is 49.4 Å². The lowest BCUT2D eigenvalue weighted by molar-refractivity contribution is -0.143. The summed E-state index contributed by atoms with van der Waals surface area (Å²) in [5, 5.41) is 5.59. The number of nitrogens with zero attached hydrogens (tertiary/aromatic N) is 2. The van der Waals surface area contributed by atoms with Crippen molar-refractivity contribution in [2.24, 2.45) is 0 Å². The van der Waals surface area contributed by atoms with Crippen LogP contribution in [0.4, 0.5) is 4.79 Å². The largest absolute Gasteiger partial charge is 0.345 e. The molecule has 2 heterocycles. The number of nitrogens with one attached hydrogen (secondary N) is 2. The van der Waals surface area contributed by atoms with Crippen molar-refractivity contribution >= 4 is 23.9 Å². The highest BCUT2D eigenvalue weighted by Gasteiger charge is 2.43. The molecule has 0 radical (unpaired) electrons. The van der Waals surface area contributed by atoms with Crippen molar-refractivity contribution in [2.75, 3.05) is 26.2 Å². The van der Waals surface area contributed by atoms with Crippen LogP contribution in [-0.4, -0.2) is 65.9 Å². The highest BCUT2D eigenvalue weighted by atomic mass is 16.2. The zero-order valence-corrected chi connectivity index (χ0v) is 15.6. The molecule has 2 aliphatic rings. The molecule has 2 fully saturated rings. The van der Waals surface area contributed by atoms with Crippen molar-refractivity contribution in [3.05, 3.63) is 42.0 Å². The van der Waals surface area contributed by atoms with Crippen molar-refractivity contribution in [3.63, 3.8) is 0 Å². The molecule has 1 aromatic carbocycles. The van der Waals surface area contributed by atoms with Gasteiger partial charge in [-0.15, -0.1) is 0 Å². The molecule has 0 saturated carbocycles. The number of piperazine rings is 1. The van der Waals surface area contributed by atoms with Crippen molar-refractivity contribution in [1.29, 1.82) is 0 Å². The maximum atomic E-state index is 12.7. The number of amides is 4. The van der Waals surface area contributed by atoms with Gasteiger partial charge >= 0.3 is 6.03 Å². The molecule has 0 spiro atoms. The Morgan fingerprint density at radius 3 is 2.81 bits per heavy atom. The summed E-state index contributed by atoms with van der Waals surface area (Å²) in [6.07, 6.45) is 5.28. The van der Waals surface area contributed by atoms with Gasteiger partial charge in [0.1, 0.15) is 6.04 Å². The number of fused-ring (bicyclic) bond motifs is 1. The summed E-state index contributed by atoms with van der Waals surface area (Å²) in [6, 6.07) is 9.11. The summed E-state index contributed by atoms with van der Waals surface area (Å²) in [6.45, 7) is 3.61. The smallest absolute Gasteiger partial charge is 0.317 e. The molecule has 4 amide bonds. The van der Waals surface area contributed by atoms with Crippen LogP contribution in [0.5, 0.6) is 0 Å². The Hall–Kier alpha value is -2.83. The highest BCUT2D eigenvalue weighted by Crippen LogP contribution is 2.20. The zero-order chi connectivity index (χ0) is 19.2. The van der Waals surface area contributed by atoms with Crippen LogP contribution in [0.2, 0.25) is 0 Å².